The molecule has 0 aliphatic heterocycles. The van der Waals surface area contributed by atoms with Gasteiger partial charge in [-0.25, -0.2) is 0 Å². The second-order valence-corrected chi connectivity index (χ2v) is 26.9. The quantitative estimate of drug-likeness (QED) is 0.0195. The summed E-state index contributed by atoms with van der Waals surface area (Å²) in [6.07, 6.45) is 112. The molecule has 0 amide bonds. The number of rotatable bonds is 71. The van der Waals surface area contributed by atoms with Gasteiger partial charge in [0, 0.05) is 12.8 Å². The van der Waals surface area contributed by atoms with Crippen molar-refractivity contribution in [1.82, 2.24) is 0 Å². The van der Waals surface area contributed by atoms with E-state index in [1.807, 2.05) is 21.1 Å². The average molecular weight is 1350 g/mol. The van der Waals surface area contributed by atoms with Crippen LogP contribution in [0, 0.1) is 0 Å². The van der Waals surface area contributed by atoms with Crippen LogP contribution in [-0.2, 0) is 33.3 Å². The number of unbranched alkanes of at least 4 members (excludes halogenated alkanes) is 28. The lowest BCUT2D eigenvalue weighted by Gasteiger charge is -2.26. The number of esters is 2. The number of hydrogen-bond donors (Lipinski definition) is 0. The van der Waals surface area contributed by atoms with Crippen LogP contribution in [0.2, 0.25) is 0 Å². The lowest BCUT2D eigenvalue weighted by molar-refractivity contribution is -0.870. The normalized spacial score (nSPS) is 13.6. The Morgan fingerprint density at radius 3 is 0.825 bits per heavy atom. The number of nitrogens with zero attached hydrogens (tertiary/aromatic N) is 1. The number of carbonyl (C=O) groups excluding carboxylic acids is 3. The van der Waals surface area contributed by atoms with Crippen molar-refractivity contribution in [2.75, 3.05) is 47.5 Å². The van der Waals surface area contributed by atoms with Crippen LogP contribution in [0.5, 0.6) is 0 Å². The standard InChI is InChI=1S/C88H145NO8/c1-6-8-10-12-14-16-18-20-22-24-26-28-30-32-34-36-38-40-42-43-45-46-48-50-52-54-56-58-60-62-64-66-68-70-72-74-76-78-85(90)95-82-84(83-96-88(87(92)93)94-81-80-89(3,4)5)97-86(91)79-77-75-73-71-69-67-65-63-61-59-57-55-53-51-49-47-44-41-39-37-35-33-31-29-27-25-23-21-19-17-15-13-11-9-7-2/h8-11,14-17,20-23,26-29,33,35,39,41,47,49,53,55,59,61,65,67,84,88H,6-7,12-13,18-19,24-25,30-32,34,36-38,40,42-46,48,50-52,54,56-58,60,62-64,66,68-83H2,1-5H3/b10-8-,11-9-,16-14-,17-15-,22-20-,23-21-,28-26-,29-27-,35-33-,41-39-,49-47-,55-53-,61-59-,67-65-. The molecule has 0 fully saturated rings. The zero-order valence-corrected chi connectivity index (χ0v) is 62.9. The number of carbonyl (C=O) groups is 3. The highest BCUT2D eigenvalue weighted by Gasteiger charge is 2.22. The van der Waals surface area contributed by atoms with E-state index in [4.69, 9.17) is 18.9 Å². The van der Waals surface area contributed by atoms with E-state index in [-0.39, 0.29) is 38.6 Å². The topological polar surface area (TPSA) is 111 Å². The Labute approximate surface area is 597 Å². The van der Waals surface area contributed by atoms with Gasteiger partial charge in [0.2, 0.25) is 0 Å². The van der Waals surface area contributed by atoms with Gasteiger partial charge in [-0.1, -0.05) is 338 Å². The molecule has 0 saturated carbocycles. The van der Waals surface area contributed by atoms with E-state index in [1.165, 1.54) is 141 Å². The fraction of sp³-hybridized carbons (Fsp3) is 0.648. The molecule has 2 atom stereocenters. The lowest BCUT2D eigenvalue weighted by Crippen LogP contribution is -2.44. The molecule has 0 rings (SSSR count). The van der Waals surface area contributed by atoms with Crippen molar-refractivity contribution in [1.29, 1.82) is 0 Å². The Balaban J connectivity index is 4.12. The smallest absolute Gasteiger partial charge is 0.306 e. The summed E-state index contributed by atoms with van der Waals surface area (Å²) >= 11 is 0. The Kier molecular flexibility index (Phi) is 72.2. The minimum absolute atomic E-state index is 0.135. The zero-order chi connectivity index (χ0) is 70.4. The van der Waals surface area contributed by atoms with Crippen molar-refractivity contribution in [3.8, 4) is 0 Å². The Bertz CT molecular complexity index is 2210. The summed E-state index contributed by atoms with van der Waals surface area (Å²) in [5.74, 6) is -2.32. The van der Waals surface area contributed by atoms with Gasteiger partial charge in [-0.15, -0.1) is 0 Å². The number of quaternary nitrogens is 1. The van der Waals surface area contributed by atoms with Crippen LogP contribution in [0.1, 0.15) is 309 Å². The van der Waals surface area contributed by atoms with Crippen molar-refractivity contribution in [2.45, 2.75) is 322 Å². The monoisotopic (exact) mass is 1340 g/mol. The van der Waals surface area contributed by atoms with Crippen molar-refractivity contribution < 1.29 is 42.9 Å². The number of allylic oxidation sites excluding steroid dienone is 28. The summed E-state index contributed by atoms with van der Waals surface area (Å²) in [6, 6.07) is 0. The van der Waals surface area contributed by atoms with Crippen molar-refractivity contribution >= 4 is 17.9 Å². The molecule has 9 heteroatoms. The van der Waals surface area contributed by atoms with Gasteiger partial charge in [-0.05, 0) is 128 Å². The van der Waals surface area contributed by atoms with Gasteiger partial charge in [0.25, 0.3) is 0 Å². The minimum atomic E-state index is -1.64. The predicted octanol–water partition coefficient (Wildman–Crippen LogP) is 24.0. The Morgan fingerprint density at radius 1 is 0.309 bits per heavy atom. The molecule has 2 unspecified atom stereocenters. The lowest BCUT2D eigenvalue weighted by atomic mass is 10.0. The molecule has 97 heavy (non-hydrogen) atoms. The van der Waals surface area contributed by atoms with Crippen molar-refractivity contribution in [3.05, 3.63) is 170 Å². The summed E-state index contributed by atoms with van der Waals surface area (Å²) < 4.78 is 22.8. The third-order valence-electron chi connectivity index (χ3n) is 16.5. The van der Waals surface area contributed by atoms with Crippen LogP contribution in [0.4, 0.5) is 0 Å². The molecule has 9 nitrogen and oxygen atoms in total. The minimum Gasteiger partial charge on any atom is -0.545 e. The molecular weight excluding hydrogens is 1200 g/mol. The first kappa shape index (κ1) is 91.6. The Hall–Kier alpha value is -5.35. The third-order valence-corrected chi connectivity index (χ3v) is 16.5. The van der Waals surface area contributed by atoms with Gasteiger partial charge in [-0.3, -0.25) is 9.59 Å². The van der Waals surface area contributed by atoms with E-state index in [2.05, 4.69) is 184 Å². The van der Waals surface area contributed by atoms with E-state index in [0.717, 1.165) is 135 Å². The molecule has 0 aliphatic rings. The SMILES string of the molecule is CC/C=C\C/C=C\C/C=C\C/C=C\C/C=C\C/C=C\C/C=C\C/C=C\C/C=C\C/C=C\CCCCCCC(=O)OC(COC(=O)CCCCCCCCCCCCCCCCCCCCCCCCCC/C=C\C/C=C\C/C=C\C/C=C\CC)COC(OCC[N+](C)(C)C)C(=O)[O-]. The van der Waals surface area contributed by atoms with E-state index >= 15 is 0 Å². The third kappa shape index (κ3) is 77.9. The van der Waals surface area contributed by atoms with Gasteiger partial charge in [-0.2, -0.15) is 0 Å². The average Bonchev–Trinajstić information content (AvgIpc) is 3.74. The van der Waals surface area contributed by atoms with Crippen LogP contribution in [0.3, 0.4) is 0 Å². The molecule has 0 radical (unpaired) electrons. The molecule has 0 heterocycles. The van der Waals surface area contributed by atoms with E-state index in [1.54, 1.807) is 0 Å². The summed E-state index contributed by atoms with van der Waals surface area (Å²) in [4.78, 5) is 37.6. The van der Waals surface area contributed by atoms with Crippen LogP contribution < -0.4 is 5.11 Å². The molecule has 0 aromatic rings. The van der Waals surface area contributed by atoms with Crippen LogP contribution in [0.25, 0.3) is 0 Å². The van der Waals surface area contributed by atoms with Crippen molar-refractivity contribution in [2.24, 2.45) is 0 Å². The number of aliphatic carboxylic acids is 1. The predicted molar refractivity (Wildman–Crippen MR) is 416 cm³/mol. The van der Waals surface area contributed by atoms with Crippen LogP contribution in [0.15, 0.2) is 170 Å². The first-order valence-corrected chi connectivity index (χ1v) is 39.3. The van der Waals surface area contributed by atoms with Crippen LogP contribution >= 0.6 is 0 Å². The van der Waals surface area contributed by atoms with Gasteiger partial charge in [0.05, 0.1) is 40.3 Å². The molecule has 0 saturated heterocycles. The maximum absolute atomic E-state index is 13.0. The molecule has 550 valence electrons. The fourth-order valence-corrected chi connectivity index (χ4v) is 10.6. The molecule has 0 spiro atoms. The molecule has 0 bridgehead atoms. The van der Waals surface area contributed by atoms with E-state index in [0.29, 0.717) is 17.4 Å². The number of hydrogen-bond acceptors (Lipinski definition) is 8. The Morgan fingerprint density at radius 2 is 0.557 bits per heavy atom. The number of ether oxygens (including phenoxy) is 4. The highest BCUT2D eigenvalue weighted by Crippen LogP contribution is 2.18. The first-order chi connectivity index (χ1) is 47.6. The molecule has 0 aromatic heterocycles. The largest absolute Gasteiger partial charge is 0.545 e. The van der Waals surface area contributed by atoms with E-state index < -0.39 is 24.3 Å². The summed E-state index contributed by atoms with van der Waals surface area (Å²) in [5.41, 5.74) is 0. The van der Waals surface area contributed by atoms with Crippen LogP contribution in [-0.4, -0.2) is 82.3 Å². The van der Waals surface area contributed by atoms with Gasteiger partial charge >= 0.3 is 11.9 Å². The molecule has 0 aliphatic carbocycles. The van der Waals surface area contributed by atoms with Gasteiger partial charge in [0.1, 0.15) is 13.2 Å². The first-order valence-electron chi connectivity index (χ1n) is 39.3. The number of carboxylic acid groups (broad SMARTS) is 1. The molecule has 0 N–H and O–H groups in total. The zero-order valence-electron chi connectivity index (χ0n) is 62.9. The fourth-order valence-electron chi connectivity index (χ4n) is 10.6. The van der Waals surface area contributed by atoms with Gasteiger partial charge in [0.15, 0.2) is 12.4 Å². The van der Waals surface area contributed by atoms with E-state index in [9.17, 15) is 19.5 Å². The van der Waals surface area contributed by atoms with Crippen molar-refractivity contribution in [3.63, 3.8) is 0 Å². The highest BCUT2D eigenvalue weighted by atomic mass is 16.7. The maximum Gasteiger partial charge on any atom is 0.306 e. The highest BCUT2D eigenvalue weighted by molar-refractivity contribution is 5.70. The summed E-state index contributed by atoms with van der Waals surface area (Å²) in [6.45, 7) is 4.50. The second-order valence-electron chi connectivity index (χ2n) is 26.9. The second kappa shape index (κ2) is 76.4. The van der Waals surface area contributed by atoms with Gasteiger partial charge < -0.3 is 33.3 Å². The molecular formula is C88H145NO8. The summed E-state index contributed by atoms with van der Waals surface area (Å²) in [5, 5.41) is 11.9. The number of likely N-dealkylation sites (N-methyl/N-ethyl adjacent to an activating group) is 1. The summed E-state index contributed by atoms with van der Waals surface area (Å²) in [7, 11) is 5.92. The maximum atomic E-state index is 13.0. The molecule has 0 aromatic carbocycles. The number of carboxylic acids is 1.